The monoisotopic (exact) mass is 724 g/mol. The predicted molar refractivity (Wildman–Crippen MR) is 188 cm³/mol. The zero-order valence-corrected chi connectivity index (χ0v) is 33.0. The number of benzene rings is 3. The molecule has 3 aromatic rings. The molecule has 0 bridgehead atoms. The van der Waals surface area contributed by atoms with E-state index in [1.165, 1.54) is 44.5 Å². The standard InChI is InChI=1S/C27H29.C9H13.C7H6.2ClH.Zr/c1-16-7-9-26(3,4)24-12-18-11-19-13-25-21(17(2)8-10-27(25,5)6)15-23(19)22(18)14-20(16)24;1-9(2,3)8-6-4-5-7-8;1-7-5-3-2-4-6-7;;;/h7-8,11-15H,9-10H2,1-6H3;6-7H,4H2,1-3H3;1-6H;2*1H;/q;;;;;+2/p-2. The fraction of sp³-hybridized carbons (Fsp3) is 0.372. The average Bonchev–Trinajstić information content (AvgIpc) is 3.59. The fourth-order valence-corrected chi connectivity index (χ4v) is 15.6. The van der Waals surface area contributed by atoms with Crippen LogP contribution in [-0.2, 0) is 32.1 Å². The predicted octanol–water partition coefficient (Wildman–Crippen LogP) is 5.66. The number of rotatable bonds is 3. The Morgan fingerprint density at radius 1 is 0.696 bits per heavy atom. The maximum absolute atomic E-state index is 2.78. The van der Waals surface area contributed by atoms with E-state index in [-0.39, 0.29) is 41.1 Å². The van der Waals surface area contributed by atoms with E-state index in [4.69, 9.17) is 0 Å². The zero-order valence-electron chi connectivity index (χ0n) is 29.0. The molecule has 0 saturated carbocycles. The largest absolute Gasteiger partial charge is 1.00 e. The Balaban J connectivity index is 0.00000208. The molecule has 0 radical (unpaired) electrons. The van der Waals surface area contributed by atoms with E-state index < -0.39 is 21.3 Å². The van der Waals surface area contributed by atoms with Crippen LogP contribution in [0.15, 0.2) is 87.8 Å². The van der Waals surface area contributed by atoms with E-state index in [9.17, 15) is 0 Å². The Kier molecular flexibility index (Phi) is 9.54. The molecule has 4 aliphatic rings. The van der Waals surface area contributed by atoms with Crippen LogP contribution in [0.4, 0.5) is 0 Å². The summed E-state index contributed by atoms with van der Waals surface area (Å²) in [7, 11) is 0. The van der Waals surface area contributed by atoms with Crippen LogP contribution in [0.3, 0.4) is 0 Å². The van der Waals surface area contributed by atoms with Gasteiger partial charge in [0, 0.05) is 0 Å². The average molecular weight is 727 g/mol. The van der Waals surface area contributed by atoms with Crippen LogP contribution in [0.2, 0.25) is 0 Å². The summed E-state index contributed by atoms with van der Waals surface area (Å²) in [5.41, 5.74) is 18.5. The van der Waals surface area contributed by atoms with Gasteiger partial charge < -0.3 is 24.8 Å². The van der Waals surface area contributed by atoms with Crippen molar-refractivity contribution in [1.82, 2.24) is 0 Å². The van der Waals surface area contributed by atoms with Crippen molar-refractivity contribution in [2.24, 2.45) is 5.41 Å². The smallest absolute Gasteiger partial charge is 1.00 e. The van der Waals surface area contributed by atoms with Crippen LogP contribution in [0.5, 0.6) is 0 Å². The van der Waals surface area contributed by atoms with Crippen molar-refractivity contribution in [3.8, 4) is 11.1 Å². The van der Waals surface area contributed by atoms with Crippen molar-refractivity contribution in [2.75, 3.05) is 0 Å². The second kappa shape index (κ2) is 12.4. The first-order valence-corrected chi connectivity index (χ1v) is 20.7. The van der Waals surface area contributed by atoms with Crippen LogP contribution in [0.1, 0.15) is 124 Å². The van der Waals surface area contributed by atoms with Gasteiger partial charge in [-0.05, 0) is 0 Å². The molecule has 0 nitrogen and oxygen atoms in total. The molecule has 238 valence electrons. The number of hydrogen-bond donors (Lipinski definition) is 0. The Morgan fingerprint density at radius 3 is 1.65 bits per heavy atom. The van der Waals surface area contributed by atoms with E-state index in [1.807, 2.05) is 0 Å². The third-order valence-electron chi connectivity index (χ3n) is 11.0. The summed E-state index contributed by atoms with van der Waals surface area (Å²) in [6.45, 7) is 21.5. The van der Waals surface area contributed by atoms with Crippen LogP contribution in [0, 0.1) is 5.41 Å². The van der Waals surface area contributed by atoms with Crippen LogP contribution >= 0.6 is 0 Å². The van der Waals surface area contributed by atoms with Gasteiger partial charge in [0.1, 0.15) is 0 Å². The van der Waals surface area contributed by atoms with Crippen molar-refractivity contribution in [3.05, 3.63) is 127 Å². The Labute approximate surface area is 298 Å². The molecule has 0 spiro atoms. The van der Waals surface area contributed by atoms with E-state index in [0.29, 0.717) is 3.63 Å². The molecule has 7 rings (SSSR count). The van der Waals surface area contributed by atoms with Gasteiger partial charge in [0.2, 0.25) is 0 Å². The first kappa shape index (κ1) is 35.3. The topological polar surface area (TPSA) is 0 Å². The van der Waals surface area contributed by atoms with Crippen molar-refractivity contribution in [1.29, 1.82) is 0 Å². The fourth-order valence-electron chi connectivity index (χ4n) is 8.05. The van der Waals surface area contributed by atoms with Crippen LogP contribution in [0.25, 0.3) is 22.3 Å². The normalized spacial score (nSPS) is 18.9. The molecule has 0 heterocycles. The number of allylic oxidation sites excluding steroid dienone is 8. The van der Waals surface area contributed by atoms with Gasteiger partial charge in [0.25, 0.3) is 0 Å². The molecule has 0 fully saturated rings. The molecule has 0 aromatic heterocycles. The number of hydrogen-bond acceptors (Lipinski definition) is 0. The summed E-state index contributed by atoms with van der Waals surface area (Å²) in [4.78, 5) is 0. The molecule has 46 heavy (non-hydrogen) atoms. The summed E-state index contributed by atoms with van der Waals surface area (Å²) in [5, 5.41) is 0. The summed E-state index contributed by atoms with van der Waals surface area (Å²) in [6, 6.07) is 21.8. The quantitative estimate of drug-likeness (QED) is 0.327. The van der Waals surface area contributed by atoms with Crippen LogP contribution in [-0.4, -0.2) is 3.71 Å². The first-order chi connectivity index (χ1) is 20.7. The van der Waals surface area contributed by atoms with Gasteiger partial charge in [0.05, 0.1) is 0 Å². The van der Waals surface area contributed by atoms with Gasteiger partial charge in [-0.1, -0.05) is 0 Å². The minimum atomic E-state index is -2.51. The van der Waals surface area contributed by atoms with Crippen molar-refractivity contribution in [2.45, 2.75) is 96.0 Å². The van der Waals surface area contributed by atoms with E-state index in [2.05, 4.69) is 145 Å². The molecule has 0 N–H and O–H groups in total. The van der Waals surface area contributed by atoms with Crippen LogP contribution < -0.4 is 24.8 Å². The molecule has 0 unspecified atom stereocenters. The molecule has 3 aromatic carbocycles. The van der Waals surface area contributed by atoms with Gasteiger partial charge in [-0.2, -0.15) is 0 Å². The first-order valence-electron chi connectivity index (χ1n) is 16.6. The molecular formula is C43H48Cl2Zr. The van der Waals surface area contributed by atoms with E-state index in [1.54, 1.807) is 25.5 Å². The molecule has 3 heteroatoms. The van der Waals surface area contributed by atoms with Crippen molar-refractivity contribution >= 4 is 14.9 Å². The molecule has 4 aliphatic carbocycles. The molecule has 0 saturated heterocycles. The van der Waals surface area contributed by atoms with Crippen molar-refractivity contribution in [3.63, 3.8) is 0 Å². The van der Waals surface area contributed by atoms with E-state index >= 15 is 0 Å². The second-order valence-electron chi connectivity index (χ2n) is 16.1. The van der Waals surface area contributed by atoms with Crippen molar-refractivity contribution < 1.29 is 46.1 Å². The molecule has 0 aliphatic heterocycles. The minimum absolute atomic E-state index is 0. The summed E-state index contributed by atoms with van der Waals surface area (Å²) >= 11 is -2.51. The maximum atomic E-state index is 2.78. The van der Waals surface area contributed by atoms with Gasteiger partial charge in [-0.3, -0.25) is 0 Å². The second-order valence-corrected chi connectivity index (χ2v) is 22.1. The summed E-state index contributed by atoms with van der Waals surface area (Å²) in [5.74, 6) is 0. The third kappa shape index (κ3) is 5.93. The molecule has 0 amide bonds. The number of fused-ring (bicyclic) bond motifs is 5. The minimum Gasteiger partial charge on any atom is -1.00 e. The molecule has 0 atom stereocenters. The summed E-state index contributed by atoms with van der Waals surface area (Å²) in [6.07, 6.45) is 13.5. The zero-order chi connectivity index (χ0) is 31.2. The van der Waals surface area contributed by atoms with Gasteiger partial charge in [0.15, 0.2) is 0 Å². The van der Waals surface area contributed by atoms with E-state index in [0.717, 1.165) is 19.3 Å². The number of halogens is 2. The Hall–Kier alpha value is -2.05. The molecular weight excluding hydrogens is 679 g/mol. The van der Waals surface area contributed by atoms with Gasteiger partial charge >= 0.3 is 275 Å². The van der Waals surface area contributed by atoms with Gasteiger partial charge in [-0.15, -0.1) is 0 Å². The third-order valence-corrected chi connectivity index (χ3v) is 18.3. The SMILES string of the molecule is CC1=CCC(C)(C)c2cc3c(cc21)-c1cc2c(cc1[CH]3/[Zr+2](=[CH]/c1ccccc1)[C]1=CC(C(C)(C)C)=CC1)C(C)(C)CC=C2C.[Cl-].[Cl-]. The van der Waals surface area contributed by atoms with Gasteiger partial charge in [-0.25, -0.2) is 0 Å². The Bertz CT molecular complexity index is 1780. The maximum Gasteiger partial charge on any atom is -1.00 e. The summed E-state index contributed by atoms with van der Waals surface area (Å²) < 4.78 is 5.00. The Morgan fingerprint density at radius 2 is 1.20 bits per heavy atom.